The van der Waals surface area contributed by atoms with E-state index in [-0.39, 0.29) is 28.3 Å². The summed E-state index contributed by atoms with van der Waals surface area (Å²) in [4.78, 5) is 27.1. The SMILES string of the molecule is O=[N+]([O-])c1cccc(/C=C2\CCC[C@H]3C2=NN(c2nc(-c4ccc(Br)cc4)cs2)[C@@H]3c2cccc([N+](=O)[O-])c2)c1. The fourth-order valence-electron chi connectivity index (χ4n) is 5.37. The molecule has 9 nitrogen and oxygen atoms in total. The maximum Gasteiger partial charge on any atom is 0.270 e. The standard InChI is InChI=1S/C29H22BrN5O4S/c30-22-12-10-19(11-13-22)26-17-40-29(31-26)33-28(21-6-2-8-24(16-21)35(38)39)25-9-3-5-20(27(25)32-33)14-18-4-1-7-23(15-18)34(36)37/h1-2,4,6-8,10-17,25,28H,3,5,9H2/b20-14+/t25-,28+/m0/s1. The van der Waals surface area contributed by atoms with Gasteiger partial charge in [0.2, 0.25) is 5.13 Å². The minimum absolute atomic E-state index is 0.0132. The van der Waals surface area contributed by atoms with Gasteiger partial charge in [-0.3, -0.25) is 20.2 Å². The van der Waals surface area contributed by atoms with E-state index in [9.17, 15) is 20.2 Å². The van der Waals surface area contributed by atoms with E-state index in [1.807, 2.05) is 52.9 Å². The molecule has 6 rings (SSSR count). The number of rotatable bonds is 6. The second-order valence-electron chi connectivity index (χ2n) is 9.67. The average Bonchev–Trinajstić information content (AvgIpc) is 3.60. The van der Waals surface area contributed by atoms with Crippen LogP contribution in [0.3, 0.4) is 0 Å². The van der Waals surface area contributed by atoms with Crippen LogP contribution in [0.5, 0.6) is 0 Å². The van der Waals surface area contributed by atoms with Crippen molar-refractivity contribution in [2.24, 2.45) is 11.0 Å². The predicted molar refractivity (Wildman–Crippen MR) is 159 cm³/mol. The van der Waals surface area contributed by atoms with Gasteiger partial charge in [0.1, 0.15) is 0 Å². The molecule has 3 aromatic carbocycles. The Kier molecular flexibility index (Phi) is 6.99. The van der Waals surface area contributed by atoms with E-state index in [0.29, 0.717) is 5.13 Å². The quantitative estimate of drug-likeness (QED) is 0.159. The number of thiazole rings is 1. The molecule has 2 heterocycles. The third-order valence-corrected chi connectivity index (χ3v) is 8.53. The summed E-state index contributed by atoms with van der Waals surface area (Å²) in [7, 11) is 0. The summed E-state index contributed by atoms with van der Waals surface area (Å²) >= 11 is 4.95. The number of allylic oxidation sites excluding steroid dienone is 1. The van der Waals surface area contributed by atoms with Crippen molar-refractivity contribution in [1.82, 2.24) is 4.98 Å². The molecule has 40 heavy (non-hydrogen) atoms. The fraction of sp³-hybridized carbons (Fsp3) is 0.172. The number of non-ortho nitro benzene ring substituents is 2. The molecule has 0 saturated heterocycles. The van der Waals surface area contributed by atoms with Gasteiger partial charge < -0.3 is 0 Å². The minimum atomic E-state index is -0.398. The van der Waals surface area contributed by atoms with Crippen LogP contribution in [-0.2, 0) is 0 Å². The number of hydrazone groups is 1. The summed E-state index contributed by atoms with van der Waals surface area (Å²) in [5.74, 6) is -0.0132. The number of hydrogen-bond acceptors (Lipinski definition) is 8. The van der Waals surface area contributed by atoms with Gasteiger partial charge in [-0.2, -0.15) is 5.10 Å². The Morgan fingerprint density at radius 2 is 1.70 bits per heavy atom. The number of nitrogens with zero attached hydrogens (tertiary/aromatic N) is 5. The number of hydrogen-bond donors (Lipinski definition) is 0. The van der Waals surface area contributed by atoms with E-state index in [4.69, 9.17) is 10.1 Å². The number of nitro groups is 2. The van der Waals surface area contributed by atoms with Crippen molar-refractivity contribution in [1.29, 1.82) is 0 Å². The summed E-state index contributed by atoms with van der Waals surface area (Å²) in [5.41, 5.74) is 5.33. The van der Waals surface area contributed by atoms with E-state index in [1.165, 1.54) is 23.5 Å². The zero-order valence-corrected chi connectivity index (χ0v) is 23.4. The highest BCUT2D eigenvalue weighted by Gasteiger charge is 2.43. The number of nitro benzene ring substituents is 2. The van der Waals surface area contributed by atoms with Crippen LogP contribution in [0.25, 0.3) is 17.3 Å². The van der Waals surface area contributed by atoms with Crippen LogP contribution in [0.1, 0.15) is 36.4 Å². The van der Waals surface area contributed by atoms with Crippen molar-refractivity contribution in [3.05, 3.63) is 120 Å². The highest BCUT2D eigenvalue weighted by molar-refractivity contribution is 9.10. The van der Waals surface area contributed by atoms with Gasteiger partial charge in [-0.15, -0.1) is 11.3 Å². The second kappa shape index (κ2) is 10.7. The van der Waals surface area contributed by atoms with E-state index in [2.05, 4.69) is 15.9 Å². The first-order valence-electron chi connectivity index (χ1n) is 12.7. The largest absolute Gasteiger partial charge is 0.270 e. The van der Waals surface area contributed by atoms with Gasteiger partial charge in [0.15, 0.2) is 0 Å². The van der Waals surface area contributed by atoms with E-state index in [1.54, 1.807) is 24.3 Å². The molecule has 4 aromatic rings. The lowest BCUT2D eigenvalue weighted by Gasteiger charge is -2.29. The summed E-state index contributed by atoms with van der Waals surface area (Å²) in [6, 6.07) is 21.0. The molecule has 1 aliphatic carbocycles. The lowest BCUT2D eigenvalue weighted by atomic mass is 9.77. The molecule has 0 amide bonds. The van der Waals surface area contributed by atoms with Crippen molar-refractivity contribution in [3.8, 4) is 11.3 Å². The first-order chi connectivity index (χ1) is 19.4. The number of anilines is 1. The summed E-state index contributed by atoms with van der Waals surface area (Å²) < 4.78 is 0.982. The zero-order valence-electron chi connectivity index (χ0n) is 21.0. The van der Waals surface area contributed by atoms with Crippen LogP contribution in [0, 0.1) is 26.1 Å². The third kappa shape index (κ3) is 5.05. The van der Waals surface area contributed by atoms with Gasteiger partial charge in [-0.1, -0.05) is 52.3 Å². The highest BCUT2D eigenvalue weighted by Crippen LogP contribution is 2.47. The fourth-order valence-corrected chi connectivity index (χ4v) is 6.45. The van der Waals surface area contributed by atoms with Crippen molar-refractivity contribution < 1.29 is 9.85 Å². The third-order valence-electron chi connectivity index (χ3n) is 7.17. The second-order valence-corrected chi connectivity index (χ2v) is 11.4. The molecule has 1 saturated carbocycles. The lowest BCUT2D eigenvalue weighted by molar-refractivity contribution is -0.385. The molecule has 11 heteroatoms. The van der Waals surface area contributed by atoms with E-state index in [0.717, 1.165) is 57.4 Å². The Hall–Kier alpha value is -4.22. The van der Waals surface area contributed by atoms with Gasteiger partial charge >= 0.3 is 0 Å². The Morgan fingerprint density at radius 1 is 0.975 bits per heavy atom. The van der Waals surface area contributed by atoms with Gasteiger partial charge in [-0.25, -0.2) is 9.99 Å². The summed E-state index contributed by atoms with van der Waals surface area (Å²) in [6.07, 6.45) is 4.53. The van der Waals surface area contributed by atoms with Crippen molar-refractivity contribution in [2.75, 3.05) is 5.01 Å². The first kappa shape index (κ1) is 26.0. The normalized spacial score (nSPS) is 19.4. The average molecular weight is 616 g/mol. The lowest BCUT2D eigenvalue weighted by Crippen LogP contribution is -2.28. The molecule has 1 aliphatic heterocycles. The van der Waals surface area contributed by atoms with Crippen LogP contribution in [-0.4, -0.2) is 20.5 Å². The summed E-state index contributed by atoms with van der Waals surface area (Å²) in [6.45, 7) is 0. The Balaban J connectivity index is 1.43. The summed E-state index contributed by atoms with van der Waals surface area (Å²) in [5, 5.41) is 32.6. The maximum absolute atomic E-state index is 11.6. The smallest absolute Gasteiger partial charge is 0.258 e. The topological polar surface area (TPSA) is 115 Å². The molecule has 2 atom stereocenters. The number of benzene rings is 3. The molecule has 2 aliphatic rings. The van der Waals surface area contributed by atoms with Crippen LogP contribution < -0.4 is 5.01 Å². The molecule has 0 spiro atoms. The number of halogens is 1. The van der Waals surface area contributed by atoms with Crippen LogP contribution in [0.2, 0.25) is 0 Å². The van der Waals surface area contributed by atoms with Crippen LogP contribution in [0.4, 0.5) is 16.5 Å². The molecule has 0 unspecified atom stereocenters. The maximum atomic E-state index is 11.6. The molecule has 200 valence electrons. The van der Waals surface area contributed by atoms with Crippen molar-refractivity contribution in [3.63, 3.8) is 0 Å². The zero-order chi connectivity index (χ0) is 27.8. The van der Waals surface area contributed by atoms with Gasteiger partial charge in [0, 0.05) is 45.6 Å². The molecule has 1 fully saturated rings. The molecule has 0 N–H and O–H groups in total. The first-order valence-corrected chi connectivity index (χ1v) is 14.3. The van der Waals surface area contributed by atoms with Crippen LogP contribution in [0.15, 0.2) is 93.3 Å². The highest BCUT2D eigenvalue weighted by atomic mass is 79.9. The number of aromatic nitrogens is 1. The molecular weight excluding hydrogens is 594 g/mol. The minimum Gasteiger partial charge on any atom is -0.258 e. The molecule has 0 radical (unpaired) electrons. The molecular formula is C29H22BrN5O4S. The van der Waals surface area contributed by atoms with Crippen LogP contribution >= 0.6 is 27.3 Å². The van der Waals surface area contributed by atoms with Crippen molar-refractivity contribution in [2.45, 2.75) is 25.3 Å². The number of fused-ring (bicyclic) bond motifs is 1. The molecule has 0 bridgehead atoms. The van der Waals surface area contributed by atoms with E-state index >= 15 is 0 Å². The Labute approximate surface area is 241 Å². The Bertz CT molecular complexity index is 1680. The van der Waals surface area contributed by atoms with E-state index < -0.39 is 4.92 Å². The van der Waals surface area contributed by atoms with Crippen molar-refractivity contribution >= 4 is 55.6 Å². The monoisotopic (exact) mass is 615 g/mol. The van der Waals surface area contributed by atoms with Gasteiger partial charge in [-0.05, 0) is 54.2 Å². The van der Waals surface area contributed by atoms with Gasteiger partial charge in [0.25, 0.3) is 11.4 Å². The van der Waals surface area contributed by atoms with Gasteiger partial charge in [0.05, 0.1) is 27.3 Å². The Morgan fingerprint density at radius 3 is 2.45 bits per heavy atom. The predicted octanol–water partition coefficient (Wildman–Crippen LogP) is 8.19. The molecule has 1 aromatic heterocycles.